The van der Waals surface area contributed by atoms with Gasteiger partial charge in [-0.2, -0.15) is 0 Å². The minimum Gasteiger partial charge on any atom is -0.451 e. The normalized spacial score (nSPS) is 35.0. The molecule has 5 aliphatic rings. The Hall–Kier alpha value is -1.89. The van der Waals surface area contributed by atoms with Gasteiger partial charge in [0.25, 0.3) is 11.8 Å². The lowest BCUT2D eigenvalue weighted by molar-refractivity contribution is -0.171. The molecule has 1 spiro atoms. The lowest BCUT2D eigenvalue weighted by Crippen LogP contribution is -2.66. The largest absolute Gasteiger partial charge is 0.451 e. The number of fused-ring (bicyclic) bond motifs is 1. The first-order chi connectivity index (χ1) is 12.4. The fourth-order valence-corrected chi connectivity index (χ4v) is 5.53. The monoisotopic (exact) mass is 359 g/mol. The van der Waals surface area contributed by atoms with Gasteiger partial charge in [-0.05, 0) is 43.9 Å². The Bertz CT molecular complexity index is 722. The topological polar surface area (TPSA) is 84.7 Å². The summed E-state index contributed by atoms with van der Waals surface area (Å²) in [5.41, 5.74) is 0.305. The third-order valence-corrected chi connectivity index (χ3v) is 6.90. The van der Waals surface area contributed by atoms with Crippen LogP contribution in [0, 0.1) is 10.8 Å². The van der Waals surface area contributed by atoms with Gasteiger partial charge in [0.15, 0.2) is 12.1 Å². The van der Waals surface area contributed by atoms with E-state index in [9.17, 15) is 9.59 Å². The number of rotatable bonds is 3. The van der Waals surface area contributed by atoms with E-state index in [1.807, 2.05) is 4.90 Å². The van der Waals surface area contributed by atoms with Gasteiger partial charge in [0, 0.05) is 24.5 Å². The second kappa shape index (κ2) is 5.31. The van der Waals surface area contributed by atoms with Crippen LogP contribution in [0.2, 0.25) is 0 Å². The Morgan fingerprint density at radius 1 is 1.27 bits per heavy atom. The molecule has 0 aromatic carbocycles. The zero-order valence-electron chi connectivity index (χ0n) is 15.1. The number of carbonyl (C=O) groups excluding carboxylic acids is 2. The first-order valence-corrected chi connectivity index (χ1v) is 9.54. The average Bonchev–Trinajstić information content (AvgIpc) is 3.28. The average molecular weight is 359 g/mol. The molecule has 7 nitrogen and oxygen atoms in total. The minimum absolute atomic E-state index is 0.171. The van der Waals surface area contributed by atoms with Crippen LogP contribution in [0.4, 0.5) is 0 Å². The Labute approximate surface area is 152 Å². The summed E-state index contributed by atoms with van der Waals surface area (Å²) in [4.78, 5) is 30.8. The third kappa shape index (κ3) is 2.40. The quantitative estimate of drug-likeness (QED) is 0.889. The summed E-state index contributed by atoms with van der Waals surface area (Å²) in [6.45, 7) is 4.62. The van der Waals surface area contributed by atoms with Crippen molar-refractivity contribution in [3.05, 3.63) is 18.4 Å². The van der Waals surface area contributed by atoms with E-state index in [1.165, 1.54) is 12.7 Å². The van der Waals surface area contributed by atoms with Gasteiger partial charge in [-0.3, -0.25) is 9.59 Å². The number of likely N-dealkylation sites (tertiary alicyclic amines) is 1. The summed E-state index contributed by atoms with van der Waals surface area (Å²) < 4.78 is 10.7. The summed E-state index contributed by atoms with van der Waals surface area (Å²) >= 11 is 0. The van der Waals surface area contributed by atoms with Crippen molar-refractivity contribution in [2.75, 3.05) is 19.7 Å². The van der Waals surface area contributed by atoms with Crippen molar-refractivity contribution in [2.45, 2.75) is 57.1 Å². The van der Waals surface area contributed by atoms with Crippen molar-refractivity contribution in [3.63, 3.8) is 0 Å². The van der Waals surface area contributed by atoms with Crippen molar-refractivity contribution < 1.29 is 18.7 Å². The number of amides is 2. The van der Waals surface area contributed by atoms with Crippen LogP contribution in [-0.4, -0.2) is 53.0 Å². The van der Waals surface area contributed by atoms with E-state index in [2.05, 4.69) is 17.2 Å². The molecule has 1 N–H and O–H groups in total. The van der Waals surface area contributed by atoms with Gasteiger partial charge in [0.1, 0.15) is 11.9 Å². The maximum absolute atomic E-state index is 12.8. The molecule has 0 unspecified atom stereocenters. The van der Waals surface area contributed by atoms with Crippen molar-refractivity contribution in [1.29, 1.82) is 0 Å². The summed E-state index contributed by atoms with van der Waals surface area (Å²) in [7, 11) is 0. The molecule has 0 atom stereocenters. The number of hydrogen-bond donors (Lipinski definition) is 1. The molecule has 3 aliphatic heterocycles. The van der Waals surface area contributed by atoms with E-state index in [-0.39, 0.29) is 28.7 Å². The molecule has 7 heteroatoms. The molecule has 1 aromatic rings. The van der Waals surface area contributed by atoms with Crippen LogP contribution >= 0.6 is 0 Å². The van der Waals surface area contributed by atoms with Gasteiger partial charge >= 0.3 is 0 Å². The van der Waals surface area contributed by atoms with Crippen molar-refractivity contribution in [2.24, 2.45) is 10.8 Å². The van der Waals surface area contributed by atoms with Gasteiger partial charge in [-0.1, -0.05) is 6.92 Å². The summed E-state index contributed by atoms with van der Waals surface area (Å²) in [5.74, 6) is 0.0372. The van der Waals surface area contributed by atoms with E-state index in [0.717, 1.165) is 58.2 Å². The number of aromatic nitrogens is 1. The molecule has 5 fully saturated rings. The first kappa shape index (κ1) is 16.3. The number of oxazole rings is 1. The lowest BCUT2D eigenvalue weighted by Gasteiger charge is -2.56. The number of nitrogens with one attached hydrogen (secondary N) is 1. The maximum Gasteiger partial charge on any atom is 0.273 e. The van der Waals surface area contributed by atoms with Crippen molar-refractivity contribution >= 4 is 11.8 Å². The molecular formula is C19H25N3O4. The molecule has 2 bridgehead atoms. The molecule has 26 heavy (non-hydrogen) atoms. The van der Waals surface area contributed by atoms with Gasteiger partial charge in [-0.25, -0.2) is 4.98 Å². The fraction of sp³-hybridized carbons (Fsp3) is 0.737. The number of hydrogen-bond acceptors (Lipinski definition) is 5. The summed E-state index contributed by atoms with van der Waals surface area (Å²) in [5, 5.41) is 3.04. The minimum atomic E-state index is -0.501. The van der Waals surface area contributed by atoms with Crippen LogP contribution in [0.15, 0.2) is 17.1 Å². The maximum atomic E-state index is 12.8. The highest BCUT2D eigenvalue weighted by molar-refractivity contribution is 5.92. The van der Waals surface area contributed by atoms with E-state index in [0.29, 0.717) is 5.69 Å². The highest BCUT2D eigenvalue weighted by atomic mass is 16.5. The zero-order chi connectivity index (χ0) is 18.0. The SMILES string of the molecule is CC12COC(C(=O)N3CC4(CCC(NC(=O)c5cocn5)CC4)C3)(C1)C2. The Kier molecular flexibility index (Phi) is 3.33. The van der Waals surface area contributed by atoms with Crippen LogP contribution in [0.5, 0.6) is 0 Å². The summed E-state index contributed by atoms with van der Waals surface area (Å²) in [6.07, 6.45) is 8.40. The molecule has 140 valence electrons. The molecule has 2 saturated carbocycles. The smallest absolute Gasteiger partial charge is 0.273 e. The van der Waals surface area contributed by atoms with E-state index < -0.39 is 5.60 Å². The van der Waals surface area contributed by atoms with Crippen LogP contribution in [0.1, 0.15) is 55.9 Å². The van der Waals surface area contributed by atoms with E-state index >= 15 is 0 Å². The molecule has 6 rings (SSSR count). The molecule has 2 aliphatic carbocycles. The van der Waals surface area contributed by atoms with Gasteiger partial charge < -0.3 is 19.4 Å². The zero-order valence-corrected chi connectivity index (χ0v) is 15.1. The Morgan fingerprint density at radius 2 is 2.00 bits per heavy atom. The van der Waals surface area contributed by atoms with Gasteiger partial charge in [-0.15, -0.1) is 0 Å². The lowest BCUT2D eigenvalue weighted by atomic mass is 9.61. The van der Waals surface area contributed by atoms with Crippen LogP contribution in [0.3, 0.4) is 0 Å². The second-order valence-corrected chi connectivity index (χ2v) is 9.23. The Morgan fingerprint density at radius 3 is 2.58 bits per heavy atom. The first-order valence-electron chi connectivity index (χ1n) is 9.54. The van der Waals surface area contributed by atoms with Crippen LogP contribution < -0.4 is 5.32 Å². The molecule has 1 aromatic heterocycles. The highest BCUT2D eigenvalue weighted by Gasteiger charge is 2.66. The number of ether oxygens (including phenoxy) is 1. The van der Waals surface area contributed by atoms with Gasteiger partial charge in [0.2, 0.25) is 0 Å². The summed E-state index contributed by atoms with van der Waals surface area (Å²) in [6, 6.07) is 0.179. The third-order valence-electron chi connectivity index (χ3n) is 6.90. The predicted octanol–water partition coefficient (Wildman–Crippen LogP) is 1.74. The standard InChI is InChI=1S/C19H25N3O4/c1-17-7-19(8-17,26-11-17)16(24)22-9-18(10-22)4-2-13(3-5-18)21-15(23)14-6-25-12-20-14/h6,12-13H,2-5,7-11H2,1H3,(H,21,23). The number of nitrogens with zero attached hydrogens (tertiary/aromatic N) is 2. The van der Waals surface area contributed by atoms with E-state index in [4.69, 9.17) is 9.15 Å². The Balaban J connectivity index is 1.12. The van der Waals surface area contributed by atoms with Crippen molar-refractivity contribution in [1.82, 2.24) is 15.2 Å². The van der Waals surface area contributed by atoms with E-state index in [1.54, 1.807) is 0 Å². The highest BCUT2D eigenvalue weighted by Crippen LogP contribution is 2.59. The molecule has 0 radical (unpaired) electrons. The fourth-order valence-electron chi connectivity index (χ4n) is 5.53. The molecular weight excluding hydrogens is 334 g/mol. The van der Waals surface area contributed by atoms with Crippen molar-refractivity contribution in [3.8, 4) is 0 Å². The number of carbonyl (C=O) groups is 2. The molecule has 2 amide bonds. The van der Waals surface area contributed by atoms with Gasteiger partial charge in [0.05, 0.1) is 6.61 Å². The predicted molar refractivity (Wildman–Crippen MR) is 91.3 cm³/mol. The second-order valence-electron chi connectivity index (χ2n) is 9.23. The molecule has 3 saturated heterocycles. The van der Waals surface area contributed by atoms with Crippen LogP contribution in [-0.2, 0) is 9.53 Å². The molecule has 4 heterocycles. The van der Waals surface area contributed by atoms with Crippen LogP contribution in [0.25, 0.3) is 0 Å².